The average molecular weight is 311 g/mol. The number of carboxylic acids is 1. The Kier molecular flexibility index (Phi) is 7.68. The molecule has 21 heavy (non-hydrogen) atoms. The molecule has 0 saturated heterocycles. The van der Waals surface area contributed by atoms with Gasteiger partial charge in [-0.3, -0.25) is 4.79 Å². The fraction of sp³-hybridized carbons (Fsp3) is 0.467. The number of benzene rings is 1. The summed E-state index contributed by atoms with van der Waals surface area (Å²) >= 11 is 1.64. The van der Waals surface area contributed by atoms with Crippen LogP contribution in [0.5, 0.6) is 5.75 Å². The lowest BCUT2D eigenvalue weighted by Gasteiger charge is -2.12. The molecule has 1 aromatic rings. The van der Waals surface area contributed by atoms with Crippen molar-refractivity contribution < 1.29 is 19.4 Å². The molecule has 116 valence electrons. The summed E-state index contributed by atoms with van der Waals surface area (Å²) < 4.78 is 5.37. The Labute approximate surface area is 129 Å². The summed E-state index contributed by atoms with van der Waals surface area (Å²) in [6, 6.07) is 7.05. The van der Waals surface area contributed by atoms with Crippen molar-refractivity contribution in [1.82, 2.24) is 5.32 Å². The fourth-order valence-electron chi connectivity index (χ4n) is 1.74. The van der Waals surface area contributed by atoms with Gasteiger partial charge < -0.3 is 15.2 Å². The standard InChI is InChI=1S/C15H21NO4S/c1-3-20-13-6-4-12(5-7-13)10-21-9-8-14(15(18)19)16-11(2)17/h4-7,14H,3,8-10H2,1-2H3,(H,16,17)(H,18,19). The highest BCUT2D eigenvalue weighted by Crippen LogP contribution is 2.17. The van der Waals surface area contributed by atoms with Gasteiger partial charge in [-0.05, 0) is 36.8 Å². The molecule has 1 rings (SSSR count). The number of carboxylic acid groups (broad SMARTS) is 1. The summed E-state index contributed by atoms with van der Waals surface area (Å²) in [5.74, 6) is 1.01. The summed E-state index contributed by atoms with van der Waals surface area (Å²) in [7, 11) is 0. The molecule has 0 fully saturated rings. The van der Waals surface area contributed by atoms with E-state index in [9.17, 15) is 9.59 Å². The van der Waals surface area contributed by atoms with Gasteiger partial charge in [-0.15, -0.1) is 0 Å². The van der Waals surface area contributed by atoms with Crippen molar-refractivity contribution in [3.05, 3.63) is 29.8 Å². The van der Waals surface area contributed by atoms with Crippen molar-refractivity contribution in [2.45, 2.75) is 32.1 Å². The van der Waals surface area contributed by atoms with Gasteiger partial charge >= 0.3 is 5.97 Å². The first-order chi connectivity index (χ1) is 10.0. The second-order valence-electron chi connectivity index (χ2n) is 4.51. The van der Waals surface area contributed by atoms with Crippen LogP contribution in [0.2, 0.25) is 0 Å². The molecule has 0 bridgehead atoms. The van der Waals surface area contributed by atoms with Gasteiger partial charge in [0, 0.05) is 12.7 Å². The Hall–Kier alpha value is -1.69. The molecule has 0 aliphatic carbocycles. The van der Waals surface area contributed by atoms with Crippen LogP contribution in [0.15, 0.2) is 24.3 Å². The van der Waals surface area contributed by atoms with Crippen LogP contribution in [0.25, 0.3) is 0 Å². The first-order valence-corrected chi connectivity index (χ1v) is 7.97. The largest absolute Gasteiger partial charge is 0.494 e. The van der Waals surface area contributed by atoms with Crippen molar-refractivity contribution in [1.29, 1.82) is 0 Å². The number of thioether (sulfide) groups is 1. The Morgan fingerprint density at radius 2 is 2.00 bits per heavy atom. The molecule has 2 N–H and O–H groups in total. The summed E-state index contributed by atoms with van der Waals surface area (Å²) in [5, 5.41) is 11.4. The zero-order chi connectivity index (χ0) is 15.7. The van der Waals surface area contributed by atoms with Crippen LogP contribution in [0.4, 0.5) is 0 Å². The van der Waals surface area contributed by atoms with E-state index in [1.165, 1.54) is 6.92 Å². The quantitative estimate of drug-likeness (QED) is 0.684. The number of amides is 1. The third-order valence-electron chi connectivity index (χ3n) is 2.73. The van der Waals surface area contributed by atoms with Gasteiger partial charge in [-0.1, -0.05) is 12.1 Å². The molecule has 0 radical (unpaired) electrons. The zero-order valence-corrected chi connectivity index (χ0v) is 13.1. The summed E-state index contributed by atoms with van der Waals surface area (Å²) in [6.45, 7) is 3.91. The van der Waals surface area contributed by atoms with Crippen LogP contribution < -0.4 is 10.1 Å². The van der Waals surface area contributed by atoms with Crippen LogP contribution in [0, 0.1) is 0 Å². The van der Waals surface area contributed by atoms with Crippen LogP contribution in [-0.2, 0) is 15.3 Å². The molecule has 1 atom stereocenters. The minimum absolute atomic E-state index is 0.320. The van der Waals surface area contributed by atoms with Gasteiger partial charge in [0.25, 0.3) is 0 Å². The molecule has 0 saturated carbocycles. The number of carbonyl (C=O) groups is 2. The highest BCUT2D eigenvalue weighted by molar-refractivity contribution is 7.98. The van der Waals surface area contributed by atoms with Gasteiger partial charge in [0.1, 0.15) is 11.8 Å². The summed E-state index contributed by atoms with van der Waals surface area (Å²) in [4.78, 5) is 21.9. The molecule has 0 aliphatic rings. The molecule has 5 nitrogen and oxygen atoms in total. The molecule has 0 heterocycles. The van der Waals surface area contributed by atoms with E-state index in [2.05, 4.69) is 5.32 Å². The monoisotopic (exact) mass is 311 g/mol. The Morgan fingerprint density at radius 1 is 1.33 bits per heavy atom. The van der Waals surface area contributed by atoms with Crippen molar-refractivity contribution in [3.8, 4) is 5.75 Å². The van der Waals surface area contributed by atoms with E-state index in [1.54, 1.807) is 11.8 Å². The maximum absolute atomic E-state index is 11.0. The van der Waals surface area contributed by atoms with Crippen LogP contribution >= 0.6 is 11.8 Å². The van der Waals surface area contributed by atoms with E-state index in [0.717, 1.165) is 17.1 Å². The SMILES string of the molecule is CCOc1ccc(CSCCC(NC(C)=O)C(=O)O)cc1. The van der Waals surface area contributed by atoms with Crippen molar-refractivity contribution in [2.24, 2.45) is 0 Å². The number of ether oxygens (including phenoxy) is 1. The fourth-order valence-corrected chi connectivity index (χ4v) is 2.72. The van der Waals surface area contributed by atoms with Crippen molar-refractivity contribution in [3.63, 3.8) is 0 Å². The third kappa shape index (κ3) is 7.04. The highest BCUT2D eigenvalue weighted by Gasteiger charge is 2.17. The van der Waals surface area contributed by atoms with E-state index >= 15 is 0 Å². The first-order valence-electron chi connectivity index (χ1n) is 6.82. The van der Waals surface area contributed by atoms with E-state index in [-0.39, 0.29) is 5.91 Å². The number of rotatable bonds is 9. The molecule has 0 spiro atoms. The maximum atomic E-state index is 11.0. The number of hydrogen-bond acceptors (Lipinski definition) is 4. The minimum atomic E-state index is -0.994. The van der Waals surface area contributed by atoms with Gasteiger partial charge in [0.15, 0.2) is 0 Å². The molecule has 0 aliphatic heterocycles. The van der Waals surface area contributed by atoms with E-state index in [4.69, 9.17) is 9.84 Å². The van der Waals surface area contributed by atoms with Gasteiger partial charge in [-0.25, -0.2) is 4.79 Å². The average Bonchev–Trinajstić information content (AvgIpc) is 2.43. The Morgan fingerprint density at radius 3 is 2.52 bits per heavy atom. The molecule has 1 amide bonds. The smallest absolute Gasteiger partial charge is 0.326 e. The Balaban J connectivity index is 2.32. The van der Waals surface area contributed by atoms with Crippen molar-refractivity contribution >= 4 is 23.6 Å². The first kappa shape index (κ1) is 17.4. The molecular formula is C15H21NO4S. The highest BCUT2D eigenvalue weighted by atomic mass is 32.2. The lowest BCUT2D eigenvalue weighted by atomic mass is 10.2. The number of carbonyl (C=O) groups excluding carboxylic acids is 1. The van der Waals surface area contributed by atoms with Gasteiger partial charge in [0.2, 0.25) is 5.91 Å². The normalized spacial score (nSPS) is 11.7. The van der Waals surface area contributed by atoms with E-state index in [1.807, 2.05) is 31.2 Å². The molecule has 1 aromatic carbocycles. The second kappa shape index (κ2) is 9.28. The Bertz CT molecular complexity index is 461. The summed E-state index contributed by atoms with van der Waals surface area (Å²) in [6.07, 6.45) is 0.413. The minimum Gasteiger partial charge on any atom is -0.494 e. The maximum Gasteiger partial charge on any atom is 0.326 e. The molecular weight excluding hydrogens is 290 g/mol. The van der Waals surface area contributed by atoms with Gasteiger partial charge in [0.05, 0.1) is 6.61 Å². The van der Waals surface area contributed by atoms with Crippen LogP contribution in [-0.4, -0.2) is 35.4 Å². The predicted octanol–water partition coefficient (Wildman–Crippen LogP) is 2.30. The lowest BCUT2D eigenvalue weighted by Crippen LogP contribution is -2.39. The molecule has 6 heteroatoms. The molecule has 0 aromatic heterocycles. The number of hydrogen-bond donors (Lipinski definition) is 2. The van der Waals surface area contributed by atoms with E-state index < -0.39 is 12.0 Å². The molecule has 1 unspecified atom stereocenters. The zero-order valence-electron chi connectivity index (χ0n) is 12.3. The second-order valence-corrected chi connectivity index (χ2v) is 5.61. The topological polar surface area (TPSA) is 75.6 Å². The summed E-state index contributed by atoms with van der Waals surface area (Å²) in [5.41, 5.74) is 1.16. The van der Waals surface area contributed by atoms with E-state index in [0.29, 0.717) is 18.8 Å². The van der Waals surface area contributed by atoms with Crippen molar-refractivity contribution in [2.75, 3.05) is 12.4 Å². The number of aliphatic carboxylic acids is 1. The lowest BCUT2D eigenvalue weighted by molar-refractivity contribution is -0.141. The van der Waals surface area contributed by atoms with Crippen LogP contribution in [0.3, 0.4) is 0 Å². The number of nitrogens with one attached hydrogen (secondary N) is 1. The van der Waals surface area contributed by atoms with Crippen LogP contribution in [0.1, 0.15) is 25.8 Å². The predicted molar refractivity (Wildman–Crippen MR) is 83.6 cm³/mol. The van der Waals surface area contributed by atoms with Gasteiger partial charge in [-0.2, -0.15) is 11.8 Å². The third-order valence-corrected chi connectivity index (χ3v) is 3.79.